The molecule has 2 aromatic carbocycles. The van der Waals surface area contributed by atoms with E-state index in [1.807, 2.05) is 43.3 Å². The Morgan fingerprint density at radius 3 is 2.78 bits per heavy atom. The number of nitrogens with one attached hydrogen (secondary N) is 1. The number of carbonyl (C=O) groups excluding carboxylic acids is 1. The SMILES string of the molecule is Cc1cc(OCc2ccccc2)c(-c2[nH]ncc2C=O)cc1Cl. The number of H-pyrrole nitrogens is 1. The van der Waals surface area contributed by atoms with E-state index in [2.05, 4.69) is 10.2 Å². The number of aromatic nitrogens is 2. The van der Waals surface area contributed by atoms with Gasteiger partial charge in [0.25, 0.3) is 0 Å². The number of aldehydes is 1. The summed E-state index contributed by atoms with van der Waals surface area (Å²) in [5.74, 6) is 0.656. The number of ether oxygens (including phenoxy) is 1. The van der Waals surface area contributed by atoms with Gasteiger partial charge in [-0.3, -0.25) is 9.89 Å². The zero-order valence-electron chi connectivity index (χ0n) is 12.5. The molecule has 0 radical (unpaired) electrons. The Kier molecular flexibility index (Phi) is 4.44. The van der Waals surface area contributed by atoms with Gasteiger partial charge in [0.1, 0.15) is 12.4 Å². The Bertz CT molecular complexity index is 828. The number of benzene rings is 2. The Morgan fingerprint density at radius 1 is 1.26 bits per heavy atom. The first kappa shape index (κ1) is 15.3. The van der Waals surface area contributed by atoms with Gasteiger partial charge in [-0.2, -0.15) is 5.10 Å². The molecule has 0 saturated carbocycles. The van der Waals surface area contributed by atoms with Crippen LogP contribution >= 0.6 is 11.6 Å². The molecular weight excluding hydrogens is 312 g/mol. The van der Waals surface area contributed by atoms with Crippen LogP contribution in [0.5, 0.6) is 5.75 Å². The third kappa shape index (κ3) is 3.27. The highest BCUT2D eigenvalue weighted by Crippen LogP contribution is 2.35. The second-order valence-electron chi connectivity index (χ2n) is 5.19. The van der Waals surface area contributed by atoms with E-state index in [1.165, 1.54) is 6.20 Å². The first-order valence-corrected chi connectivity index (χ1v) is 7.52. The van der Waals surface area contributed by atoms with Gasteiger partial charge < -0.3 is 4.74 Å². The van der Waals surface area contributed by atoms with Gasteiger partial charge in [-0.25, -0.2) is 0 Å². The van der Waals surface area contributed by atoms with Crippen LogP contribution in [0.3, 0.4) is 0 Å². The van der Waals surface area contributed by atoms with Crippen molar-refractivity contribution in [2.75, 3.05) is 0 Å². The van der Waals surface area contributed by atoms with Crippen molar-refractivity contribution >= 4 is 17.9 Å². The van der Waals surface area contributed by atoms with E-state index >= 15 is 0 Å². The predicted molar refractivity (Wildman–Crippen MR) is 89.9 cm³/mol. The number of hydrogen-bond donors (Lipinski definition) is 1. The molecule has 0 fully saturated rings. The molecule has 0 aliphatic carbocycles. The van der Waals surface area contributed by atoms with Gasteiger partial charge in [-0.05, 0) is 30.2 Å². The number of aryl methyl sites for hydroxylation is 1. The van der Waals surface area contributed by atoms with Gasteiger partial charge in [-0.15, -0.1) is 0 Å². The lowest BCUT2D eigenvalue weighted by atomic mass is 10.1. The predicted octanol–water partition coefficient (Wildman–Crippen LogP) is 4.43. The standard InChI is InChI=1S/C18H15ClN2O2/c1-12-7-17(23-11-13-5-3-2-4-6-13)15(8-16(12)19)18-14(10-22)9-20-21-18/h2-10H,11H2,1H3,(H,20,21). The normalized spacial score (nSPS) is 10.5. The van der Waals surface area contributed by atoms with Crippen molar-refractivity contribution in [2.24, 2.45) is 0 Å². The summed E-state index contributed by atoms with van der Waals surface area (Å²) in [6.07, 6.45) is 2.24. The van der Waals surface area contributed by atoms with Crippen molar-refractivity contribution in [3.05, 3.63) is 70.4 Å². The van der Waals surface area contributed by atoms with Crippen molar-refractivity contribution in [3.8, 4) is 17.0 Å². The molecule has 4 nitrogen and oxygen atoms in total. The van der Waals surface area contributed by atoms with E-state index in [1.54, 1.807) is 6.07 Å². The van der Waals surface area contributed by atoms with E-state index in [-0.39, 0.29) is 0 Å². The molecule has 0 amide bonds. The van der Waals surface area contributed by atoms with Crippen LogP contribution in [-0.4, -0.2) is 16.5 Å². The monoisotopic (exact) mass is 326 g/mol. The smallest absolute Gasteiger partial charge is 0.153 e. The first-order valence-electron chi connectivity index (χ1n) is 7.15. The molecule has 0 spiro atoms. The molecule has 3 rings (SSSR count). The second-order valence-corrected chi connectivity index (χ2v) is 5.60. The van der Waals surface area contributed by atoms with Crippen molar-refractivity contribution in [2.45, 2.75) is 13.5 Å². The second kappa shape index (κ2) is 6.67. The van der Waals surface area contributed by atoms with Crippen LogP contribution in [0.25, 0.3) is 11.3 Å². The fraction of sp³-hybridized carbons (Fsp3) is 0.111. The number of aromatic amines is 1. The molecule has 1 N–H and O–H groups in total. The molecule has 0 bridgehead atoms. The maximum atomic E-state index is 11.2. The van der Waals surface area contributed by atoms with E-state index in [0.29, 0.717) is 28.6 Å². The summed E-state index contributed by atoms with van der Waals surface area (Å²) in [6.45, 7) is 2.34. The average Bonchev–Trinajstić information content (AvgIpc) is 3.05. The lowest BCUT2D eigenvalue weighted by Crippen LogP contribution is -1.98. The van der Waals surface area contributed by atoms with Gasteiger partial charge in [-0.1, -0.05) is 41.9 Å². The summed E-state index contributed by atoms with van der Waals surface area (Å²) >= 11 is 6.24. The minimum atomic E-state index is 0.430. The summed E-state index contributed by atoms with van der Waals surface area (Å²) in [5, 5.41) is 7.37. The minimum absolute atomic E-state index is 0.430. The van der Waals surface area contributed by atoms with Gasteiger partial charge >= 0.3 is 0 Å². The molecule has 0 saturated heterocycles. The number of hydrogen-bond acceptors (Lipinski definition) is 3. The largest absolute Gasteiger partial charge is 0.488 e. The van der Waals surface area contributed by atoms with Crippen LogP contribution in [0.4, 0.5) is 0 Å². The molecule has 0 aliphatic heterocycles. The van der Waals surface area contributed by atoms with Crippen LogP contribution in [-0.2, 0) is 6.61 Å². The fourth-order valence-corrected chi connectivity index (χ4v) is 2.47. The Balaban J connectivity index is 1.98. The maximum absolute atomic E-state index is 11.2. The molecule has 0 atom stereocenters. The van der Waals surface area contributed by atoms with Gasteiger partial charge in [0.2, 0.25) is 0 Å². The molecule has 23 heavy (non-hydrogen) atoms. The molecule has 0 aliphatic rings. The van der Waals surface area contributed by atoms with Crippen LogP contribution in [0.1, 0.15) is 21.5 Å². The van der Waals surface area contributed by atoms with Crippen molar-refractivity contribution in [1.82, 2.24) is 10.2 Å². The van der Waals surface area contributed by atoms with Crippen LogP contribution in [0, 0.1) is 6.92 Å². The molecular formula is C18H15ClN2O2. The molecule has 0 unspecified atom stereocenters. The van der Waals surface area contributed by atoms with Crippen molar-refractivity contribution < 1.29 is 9.53 Å². The Hall–Kier alpha value is -2.59. The van der Waals surface area contributed by atoms with Crippen LogP contribution < -0.4 is 4.74 Å². The van der Waals surface area contributed by atoms with Crippen molar-refractivity contribution in [1.29, 1.82) is 0 Å². The highest BCUT2D eigenvalue weighted by Gasteiger charge is 2.15. The molecule has 5 heteroatoms. The van der Waals surface area contributed by atoms with Crippen molar-refractivity contribution in [3.63, 3.8) is 0 Å². The van der Waals surface area contributed by atoms with Gasteiger partial charge in [0.15, 0.2) is 6.29 Å². The average molecular weight is 327 g/mol. The number of halogens is 1. The fourth-order valence-electron chi connectivity index (χ4n) is 2.31. The quantitative estimate of drug-likeness (QED) is 0.706. The molecule has 116 valence electrons. The summed E-state index contributed by atoms with van der Waals surface area (Å²) in [5.41, 5.74) is 3.76. The third-order valence-electron chi connectivity index (χ3n) is 3.56. The lowest BCUT2D eigenvalue weighted by Gasteiger charge is -2.13. The van der Waals surface area contributed by atoms with Gasteiger partial charge in [0, 0.05) is 10.6 Å². The Morgan fingerprint density at radius 2 is 2.04 bits per heavy atom. The van der Waals surface area contributed by atoms with E-state index in [4.69, 9.17) is 16.3 Å². The summed E-state index contributed by atoms with van der Waals surface area (Å²) in [7, 11) is 0. The van der Waals surface area contributed by atoms with Crippen LogP contribution in [0.2, 0.25) is 5.02 Å². The van der Waals surface area contributed by atoms with Gasteiger partial charge in [0.05, 0.1) is 17.5 Å². The topological polar surface area (TPSA) is 55.0 Å². The van der Waals surface area contributed by atoms with E-state index in [9.17, 15) is 4.79 Å². The molecule has 3 aromatic rings. The third-order valence-corrected chi connectivity index (χ3v) is 3.97. The Labute approximate surface area is 139 Å². The van der Waals surface area contributed by atoms with E-state index < -0.39 is 0 Å². The van der Waals surface area contributed by atoms with E-state index in [0.717, 1.165) is 23.0 Å². The number of nitrogens with zero attached hydrogens (tertiary/aromatic N) is 1. The highest BCUT2D eigenvalue weighted by molar-refractivity contribution is 6.31. The summed E-state index contributed by atoms with van der Waals surface area (Å²) in [4.78, 5) is 11.2. The minimum Gasteiger partial charge on any atom is -0.488 e. The highest BCUT2D eigenvalue weighted by atomic mass is 35.5. The van der Waals surface area contributed by atoms with Crippen LogP contribution in [0.15, 0.2) is 48.7 Å². The maximum Gasteiger partial charge on any atom is 0.153 e. The molecule has 1 heterocycles. The molecule has 1 aromatic heterocycles. The summed E-state index contributed by atoms with van der Waals surface area (Å²) in [6, 6.07) is 13.5. The zero-order chi connectivity index (χ0) is 16.2. The number of carbonyl (C=O) groups is 1. The zero-order valence-corrected chi connectivity index (χ0v) is 13.3. The summed E-state index contributed by atoms with van der Waals surface area (Å²) < 4.78 is 5.96. The lowest BCUT2D eigenvalue weighted by molar-refractivity contribution is 0.112. The number of rotatable bonds is 5. The first-order chi connectivity index (χ1) is 11.2.